The molecule has 1 amide bonds. The summed E-state index contributed by atoms with van der Waals surface area (Å²) in [5, 5.41) is 14.6. The fraction of sp³-hybridized carbons (Fsp3) is 0.786. The number of ether oxygens (including phenoxy) is 1. The summed E-state index contributed by atoms with van der Waals surface area (Å²) < 4.78 is 5.05. The monoisotopic (exact) mass is 300 g/mol. The number of carbonyl (C=O) groups is 3. The summed E-state index contributed by atoms with van der Waals surface area (Å²) in [7, 11) is 0. The molecule has 1 atom stereocenters. The summed E-state index contributed by atoms with van der Waals surface area (Å²) in [6.45, 7) is 5.60. The molecule has 0 aromatic rings. The van der Waals surface area contributed by atoms with Crippen molar-refractivity contribution in [1.82, 2.24) is 10.6 Å². The number of carbonyl (C=O) groups excluding carboxylic acids is 2. The van der Waals surface area contributed by atoms with Crippen LogP contribution in [-0.4, -0.2) is 47.2 Å². The molecule has 1 aliphatic rings. The summed E-state index contributed by atoms with van der Waals surface area (Å²) in [6.07, 6.45) is 2.05. The standard InChI is InChI=1S/C14H24N2O5/c1-14(2,3)21-12(18)8-10(13(19)20)16-11(17)6-7-15-9-4-5-9/h9-10,15H,4-8H2,1-3H3,(H,16,17)(H,19,20)/t10-/m0/s1. The Hall–Kier alpha value is -1.63. The van der Waals surface area contributed by atoms with Gasteiger partial charge in [0.1, 0.15) is 11.6 Å². The molecule has 1 aliphatic carbocycles. The molecule has 0 heterocycles. The van der Waals surface area contributed by atoms with E-state index in [0.29, 0.717) is 12.6 Å². The second kappa shape index (κ2) is 7.40. The fourth-order valence-electron chi connectivity index (χ4n) is 1.69. The zero-order valence-corrected chi connectivity index (χ0v) is 12.8. The average molecular weight is 300 g/mol. The van der Waals surface area contributed by atoms with E-state index >= 15 is 0 Å². The molecule has 7 nitrogen and oxygen atoms in total. The van der Waals surface area contributed by atoms with Crippen LogP contribution in [0.4, 0.5) is 0 Å². The van der Waals surface area contributed by atoms with E-state index in [-0.39, 0.29) is 18.7 Å². The van der Waals surface area contributed by atoms with E-state index in [4.69, 9.17) is 9.84 Å². The minimum absolute atomic E-state index is 0.189. The Labute approximate surface area is 124 Å². The number of carboxylic acid groups (broad SMARTS) is 1. The zero-order valence-electron chi connectivity index (χ0n) is 12.8. The molecule has 1 saturated carbocycles. The highest BCUT2D eigenvalue weighted by Crippen LogP contribution is 2.18. The summed E-state index contributed by atoms with van der Waals surface area (Å²) in [5.74, 6) is -2.28. The van der Waals surface area contributed by atoms with Gasteiger partial charge in [-0.25, -0.2) is 4.79 Å². The Morgan fingerprint density at radius 1 is 1.29 bits per heavy atom. The van der Waals surface area contributed by atoms with Crippen molar-refractivity contribution < 1.29 is 24.2 Å². The molecule has 0 aromatic heterocycles. The molecule has 7 heteroatoms. The van der Waals surface area contributed by atoms with Crippen LogP contribution < -0.4 is 10.6 Å². The molecule has 0 aliphatic heterocycles. The van der Waals surface area contributed by atoms with Gasteiger partial charge in [-0.1, -0.05) is 0 Å². The molecule has 1 fully saturated rings. The first-order valence-electron chi connectivity index (χ1n) is 7.15. The average Bonchev–Trinajstić information content (AvgIpc) is 3.09. The molecule has 3 N–H and O–H groups in total. The van der Waals surface area contributed by atoms with Gasteiger partial charge < -0.3 is 20.5 Å². The Morgan fingerprint density at radius 3 is 2.38 bits per heavy atom. The topological polar surface area (TPSA) is 105 Å². The number of carboxylic acids is 1. The fourth-order valence-corrected chi connectivity index (χ4v) is 1.69. The van der Waals surface area contributed by atoms with Crippen molar-refractivity contribution in [2.45, 2.75) is 64.1 Å². The van der Waals surface area contributed by atoms with E-state index in [1.54, 1.807) is 20.8 Å². The third-order valence-electron chi connectivity index (χ3n) is 2.79. The zero-order chi connectivity index (χ0) is 16.0. The number of amides is 1. The SMILES string of the molecule is CC(C)(C)OC(=O)C[C@H](NC(=O)CCNC1CC1)C(=O)O. The van der Waals surface area contributed by atoms with Gasteiger partial charge in [-0.3, -0.25) is 9.59 Å². The van der Waals surface area contributed by atoms with Gasteiger partial charge in [-0.05, 0) is 33.6 Å². The van der Waals surface area contributed by atoms with Gasteiger partial charge in [0, 0.05) is 19.0 Å². The summed E-state index contributed by atoms with van der Waals surface area (Å²) in [5.41, 5.74) is -0.682. The molecular formula is C14H24N2O5. The Kier molecular flexibility index (Phi) is 6.14. The third kappa shape index (κ3) is 8.29. The van der Waals surface area contributed by atoms with Crippen LogP contribution in [0.1, 0.15) is 46.5 Å². The molecule has 120 valence electrons. The van der Waals surface area contributed by atoms with Crippen LogP contribution in [0.5, 0.6) is 0 Å². The number of nitrogens with one attached hydrogen (secondary N) is 2. The van der Waals surface area contributed by atoms with Crippen LogP contribution in [0.25, 0.3) is 0 Å². The lowest BCUT2D eigenvalue weighted by Gasteiger charge is -2.21. The predicted molar refractivity (Wildman–Crippen MR) is 75.7 cm³/mol. The van der Waals surface area contributed by atoms with Gasteiger partial charge >= 0.3 is 11.9 Å². The lowest BCUT2D eigenvalue weighted by molar-refractivity contribution is -0.158. The van der Waals surface area contributed by atoms with Gasteiger partial charge in [0.25, 0.3) is 0 Å². The van der Waals surface area contributed by atoms with Crippen molar-refractivity contribution in [3.05, 3.63) is 0 Å². The number of hydrogen-bond acceptors (Lipinski definition) is 5. The number of hydrogen-bond donors (Lipinski definition) is 3. The van der Waals surface area contributed by atoms with Crippen molar-refractivity contribution in [2.24, 2.45) is 0 Å². The van der Waals surface area contributed by atoms with Crippen LogP contribution in [0.2, 0.25) is 0 Å². The smallest absolute Gasteiger partial charge is 0.326 e. The second-order valence-electron chi connectivity index (χ2n) is 6.23. The van der Waals surface area contributed by atoms with E-state index in [9.17, 15) is 14.4 Å². The maximum Gasteiger partial charge on any atom is 0.326 e. The molecule has 0 bridgehead atoms. The number of esters is 1. The Morgan fingerprint density at radius 2 is 1.90 bits per heavy atom. The van der Waals surface area contributed by atoms with Gasteiger partial charge in [-0.15, -0.1) is 0 Å². The largest absolute Gasteiger partial charge is 0.480 e. The summed E-state index contributed by atoms with van der Waals surface area (Å²) in [6, 6.07) is -0.761. The van der Waals surface area contributed by atoms with Gasteiger partial charge in [0.15, 0.2) is 0 Å². The molecule has 0 saturated heterocycles. The molecular weight excluding hydrogens is 276 g/mol. The van der Waals surface area contributed by atoms with Crippen LogP contribution in [0.3, 0.4) is 0 Å². The van der Waals surface area contributed by atoms with Crippen molar-refractivity contribution >= 4 is 17.8 Å². The van der Waals surface area contributed by atoms with E-state index in [1.807, 2.05) is 0 Å². The first kappa shape index (κ1) is 17.4. The Balaban J connectivity index is 2.35. The maximum atomic E-state index is 11.7. The summed E-state index contributed by atoms with van der Waals surface area (Å²) in [4.78, 5) is 34.4. The summed E-state index contributed by atoms with van der Waals surface area (Å²) >= 11 is 0. The Bertz CT molecular complexity index is 399. The van der Waals surface area contributed by atoms with Gasteiger partial charge in [-0.2, -0.15) is 0 Å². The highest BCUT2D eigenvalue weighted by molar-refractivity contribution is 5.87. The second-order valence-corrected chi connectivity index (χ2v) is 6.23. The quantitative estimate of drug-likeness (QED) is 0.561. The van der Waals surface area contributed by atoms with Crippen LogP contribution in [-0.2, 0) is 19.1 Å². The molecule has 0 unspecified atom stereocenters. The van der Waals surface area contributed by atoms with E-state index in [1.165, 1.54) is 0 Å². The molecule has 1 rings (SSSR count). The third-order valence-corrected chi connectivity index (χ3v) is 2.79. The van der Waals surface area contributed by atoms with Crippen molar-refractivity contribution in [3.63, 3.8) is 0 Å². The van der Waals surface area contributed by atoms with Crippen LogP contribution in [0.15, 0.2) is 0 Å². The van der Waals surface area contributed by atoms with Crippen LogP contribution in [0, 0.1) is 0 Å². The van der Waals surface area contributed by atoms with Crippen molar-refractivity contribution in [2.75, 3.05) is 6.54 Å². The lowest BCUT2D eigenvalue weighted by atomic mass is 10.1. The molecule has 0 radical (unpaired) electrons. The van der Waals surface area contributed by atoms with Crippen LogP contribution >= 0.6 is 0 Å². The highest BCUT2D eigenvalue weighted by Gasteiger charge is 2.26. The predicted octanol–water partition coefficient (Wildman–Crippen LogP) is 0.430. The highest BCUT2D eigenvalue weighted by atomic mass is 16.6. The minimum Gasteiger partial charge on any atom is -0.480 e. The van der Waals surface area contributed by atoms with E-state index < -0.39 is 23.6 Å². The van der Waals surface area contributed by atoms with Crippen molar-refractivity contribution in [1.29, 1.82) is 0 Å². The number of rotatable bonds is 8. The maximum absolute atomic E-state index is 11.7. The lowest BCUT2D eigenvalue weighted by Crippen LogP contribution is -2.44. The molecule has 21 heavy (non-hydrogen) atoms. The van der Waals surface area contributed by atoms with E-state index in [0.717, 1.165) is 12.8 Å². The molecule has 0 spiro atoms. The molecule has 0 aromatic carbocycles. The van der Waals surface area contributed by atoms with E-state index in [2.05, 4.69) is 10.6 Å². The first-order chi connectivity index (χ1) is 9.67. The van der Waals surface area contributed by atoms with Crippen molar-refractivity contribution in [3.8, 4) is 0 Å². The minimum atomic E-state index is -1.26. The van der Waals surface area contributed by atoms with Gasteiger partial charge in [0.05, 0.1) is 6.42 Å². The normalized spacial score (nSPS) is 16.1. The number of aliphatic carboxylic acids is 1. The first-order valence-corrected chi connectivity index (χ1v) is 7.15. The van der Waals surface area contributed by atoms with Gasteiger partial charge in [0.2, 0.25) is 5.91 Å².